The Morgan fingerprint density at radius 3 is 3.00 bits per heavy atom. The Kier molecular flexibility index (Phi) is 2.72. The van der Waals surface area contributed by atoms with Crippen molar-refractivity contribution in [2.75, 3.05) is 6.54 Å². The Bertz CT molecular complexity index is 248. The van der Waals surface area contributed by atoms with Gasteiger partial charge >= 0.3 is 0 Å². The van der Waals surface area contributed by atoms with Gasteiger partial charge in [0.25, 0.3) is 0 Å². The minimum atomic E-state index is 0.359. The third-order valence-electron chi connectivity index (χ3n) is 1.62. The fraction of sp³-hybridized carbons (Fsp3) is 0.375. The lowest BCUT2D eigenvalue weighted by molar-refractivity contribution is -0.679. The van der Waals surface area contributed by atoms with Gasteiger partial charge in [-0.15, -0.1) is 0 Å². The van der Waals surface area contributed by atoms with Gasteiger partial charge in [0, 0.05) is 12.1 Å². The molecule has 3 nitrogen and oxygen atoms in total. The first-order chi connectivity index (χ1) is 5.34. The second-order valence-corrected chi connectivity index (χ2v) is 2.41. The molecule has 0 amide bonds. The van der Waals surface area contributed by atoms with E-state index in [2.05, 4.69) is 5.18 Å². The first-order valence-electron chi connectivity index (χ1n) is 3.57. The van der Waals surface area contributed by atoms with Gasteiger partial charge in [-0.05, 0) is 0 Å². The number of nitroso groups, excluding NO2 is 1. The van der Waals surface area contributed by atoms with Gasteiger partial charge in [-0.25, -0.2) is 4.57 Å². The van der Waals surface area contributed by atoms with E-state index < -0.39 is 0 Å². The van der Waals surface area contributed by atoms with E-state index in [1.165, 1.54) is 0 Å². The van der Waals surface area contributed by atoms with E-state index in [1.807, 2.05) is 36.0 Å². The smallest absolute Gasteiger partial charge is 0.183 e. The summed E-state index contributed by atoms with van der Waals surface area (Å²) in [6, 6.07) is 5.91. The zero-order chi connectivity index (χ0) is 8.10. The van der Waals surface area contributed by atoms with Gasteiger partial charge in [0.2, 0.25) is 0 Å². The van der Waals surface area contributed by atoms with Crippen LogP contribution in [0.1, 0.15) is 5.69 Å². The molecule has 1 aromatic heterocycles. The molecule has 0 bridgehead atoms. The first kappa shape index (κ1) is 7.85. The molecule has 0 spiro atoms. The van der Waals surface area contributed by atoms with Crippen molar-refractivity contribution in [3.05, 3.63) is 35.0 Å². The predicted molar refractivity (Wildman–Crippen MR) is 42.0 cm³/mol. The monoisotopic (exact) mass is 151 g/mol. The van der Waals surface area contributed by atoms with E-state index in [9.17, 15) is 4.91 Å². The van der Waals surface area contributed by atoms with Gasteiger partial charge in [-0.3, -0.25) is 0 Å². The number of hydrogen-bond donors (Lipinski definition) is 0. The molecule has 1 heterocycles. The van der Waals surface area contributed by atoms with E-state index in [4.69, 9.17) is 0 Å². The molecule has 0 aromatic carbocycles. The molecule has 1 aromatic rings. The third kappa shape index (κ3) is 2.11. The molecular formula is C8H11N2O+. The summed E-state index contributed by atoms with van der Waals surface area (Å²) >= 11 is 0. The molecule has 0 N–H and O–H groups in total. The molecule has 0 unspecified atom stereocenters. The second kappa shape index (κ2) is 3.81. The Labute approximate surface area is 65.7 Å². The molecule has 58 valence electrons. The second-order valence-electron chi connectivity index (χ2n) is 2.41. The number of aromatic nitrogens is 1. The topological polar surface area (TPSA) is 33.3 Å². The highest BCUT2D eigenvalue weighted by Crippen LogP contribution is 1.91. The molecule has 0 aliphatic rings. The number of hydrogen-bond acceptors (Lipinski definition) is 2. The van der Waals surface area contributed by atoms with Crippen molar-refractivity contribution in [2.45, 2.75) is 6.42 Å². The van der Waals surface area contributed by atoms with Crippen LogP contribution in [0.2, 0.25) is 0 Å². The largest absolute Gasteiger partial charge is 0.205 e. The molecular weight excluding hydrogens is 140 g/mol. The van der Waals surface area contributed by atoms with Crippen molar-refractivity contribution in [3.8, 4) is 0 Å². The van der Waals surface area contributed by atoms with Crippen LogP contribution in [0.3, 0.4) is 0 Å². The van der Waals surface area contributed by atoms with Crippen LogP contribution in [-0.4, -0.2) is 6.54 Å². The average Bonchev–Trinajstić information content (AvgIpc) is 2.03. The lowest BCUT2D eigenvalue weighted by Gasteiger charge is -1.93. The minimum Gasteiger partial charge on any atom is -0.205 e. The van der Waals surface area contributed by atoms with Crippen molar-refractivity contribution in [3.63, 3.8) is 0 Å². The van der Waals surface area contributed by atoms with Gasteiger partial charge in [-0.2, -0.15) is 4.91 Å². The Balaban J connectivity index is 2.69. The molecule has 3 heteroatoms. The van der Waals surface area contributed by atoms with E-state index in [0.29, 0.717) is 6.54 Å². The number of rotatable bonds is 3. The summed E-state index contributed by atoms with van der Waals surface area (Å²) in [5, 5.41) is 2.81. The zero-order valence-corrected chi connectivity index (χ0v) is 6.53. The van der Waals surface area contributed by atoms with Gasteiger partial charge in [0.15, 0.2) is 11.9 Å². The van der Waals surface area contributed by atoms with Crippen molar-refractivity contribution >= 4 is 0 Å². The van der Waals surface area contributed by atoms with Crippen LogP contribution < -0.4 is 4.57 Å². The van der Waals surface area contributed by atoms with Gasteiger partial charge in [-0.1, -0.05) is 11.2 Å². The maximum absolute atomic E-state index is 9.83. The highest BCUT2D eigenvalue weighted by Gasteiger charge is 2.02. The zero-order valence-electron chi connectivity index (χ0n) is 6.53. The van der Waals surface area contributed by atoms with E-state index in [0.717, 1.165) is 12.1 Å². The standard InChI is InChI=1S/C8H11N2O/c1-10-7-3-2-4-8(10)5-6-9-11/h2-4,7H,5-6H2,1H3/q+1. The molecule has 0 saturated heterocycles. The molecule has 0 atom stereocenters. The van der Waals surface area contributed by atoms with Crippen molar-refractivity contribution < 1.29 is 4.57 Å². The van der Waals surface area contributed by atoms with Gasteiger partial charge in [0.1, 0.15) is 7.05 Å². The molecule has 0 aliphatic heterocycles. The predicted octanol–water partition coefficient (Wildman–Crippen LogP) is 0.820. The third-order valence-corrected chi connectivity index (χ3v) is 1.62. The van der Waals surface area contributed by atoms with Gasteiger partial charge in [0.05, 0.1) is 13.0 Å². The van der Waals surface area contributed by atoms with E-state index in [-0.39, 0.29) is 0 Å². The number of nitrogens with zero attached hydrogens (tertiary/aromatic N) is 2. The molecule has 1 rings (SSSR count). The summed E-state index contributed by atoms with van der Waals surface area (Å²) in [7, 11) is 1.96. The lowest BCUT2D eigenvalue weighted by Crippen LogP contribution is -2.32. The van der Waals surface area contributed by atoms with E-state index in [1.54, 1.807) is 0 Å². The van der Waals surface area contributed by atoms with Crippen molar-refractivity contribution in [1.82, 2.24) is 0 Å². The average molecular weight is 151 g/mol. The maximum atomic E-state index is 9.83. The Morgan fingerprint density at radius 2 is 2.36 bits per heavy atom. The molecule has 0 radical (unpaired) electrons. The summed E-state index contributed by atoms with van der Waals surface area (Å²) in [6.07, 6.45) is 2.68. The van der Waals surface area contributed by atoms with Crippen LogP contribution in [0.15, 0.2) is 29.6 Å². The van der Waals surface area contributed by atoms with Crippen LogP contribution in [-0.2, 0) is 13.5 Å². The van der Waals surface area contributed by atoms with Crippen LogP contribution >= 0.6 is 0 Å². The van der Waals surface area contributed by atoms with Crippen LogP contribution in [0, 0.1) is 4.91 Å². The lowest BCUT2D eigenvalue weighted by atomic mass is 10.2. The van der Waals surface area contributed by atoms with Crippen LogP contribution in [0.4, 0.5) is 0 Å². The SMILES string of the molecule is C[n+]1ccccc1CCN=O. The normalized spacial score (nSPS) is 9.55. The summed E-state index contributed by atoms with van der Waals surface area (Å²) in [5.74, 6) is 0. The summed E-state index contributed by atoms with van der Waals surface area (Å²) in [5.41, 5.74) is 1.13. The summed E-state index contributed by atoms with van der Waals surface area (Å²) in [6.45, 7) is 0.359. The fourth-order valence-corrected chi connectivity index (χ4v) is 0.979. The Hall–Kier alpha value is -1.25. The van der Waals surface area contributed by atoms with Gasteiger partial charge < -0.3 is 0 Å². The highest BCUT2D eigenvalue weighted by molar-refractivity contribution is 4.97. The minimum absolute atomic E-state index is 0.359. The summed E-state index contributed by atoms with van der Waals surface area (Å²) < 4.78 is 1.99. The number of aryl methyl sites for hydroxylation is 1. The summed E-state index contributed by atoms with van der Waals surface area (Å²) in [4.78, 5) is 9.83. The highest BCUT2D eigenvalue weighted by atomic mass is 16.3. The van der Waals surface area contributed by atoms with Crippen molar-refractivity contribution in [1.29, 1.82) is 0 Å². The maximum Gasteiger partial charge on any atom is 0.183 e. The van der Waals surface area contributed by atoms with Crippen molar-refractivity contribution in [2.24, 2.45) is 12.2 Å². The number of pyridine rings is 1. The molecule has 0 aliphatic carbocycles. The molecule has 11 heavy (non-hydrogen) atoms. The van der Waals surface area contributed by atoms with Crippen LogP contribution in [0.5, 0.6) is 0 Å². The van der Waals surface area contributed by atoms with Crippen LogP contribution in [0.25, 0.3) is 0 Å². The Morgan fingerprint density at radius 1 is 1.55 bits per heavy atom. The quantitative estimate of drug-likeness (QED) is 0.465. The fourth-order valence-electron chi connectivity index (χ4n) is 0.979. The first-order valence-corrected chi connectivity index (χ1v) is 3.57. The molecule has 0 fully saturated rings. The van der Waals surface area contributed by atoms with E-state index >= 15 is 0 Å². The molecule has 0 saturated carbocycles.